The Morgan fingerprint density at radius 1 is 1.28 bits per heavy atom. The minimum Gasteiger partial charge on any atom is -0.354 e. The van der Waals surface area contributed by atoms with Crippen LogP contribution in [0.4, 0.5) is 0 Å². The Morgan fingerprint density at radius 3 is 2.28 bits per heavy atom. The molecule has 0 aromatic carbocycles. The molecule has 0 aromatic heterocycles. The molecule has 0 bridgehead atoms. The Hall–Kier alpha value is -1.10. The van der Waals surface area contributed by atoms with E-state index in [4.69, 9.17) is 5.73 Å². The van der Waals surface area contributed by atoms with Gasteiger partial charge < -0.3 is 16.0 Å². The number of nitrogens with one attached hydrogen (secondary N) is 1. The number of nitrogens with zero attached hydrogens (tertiary/aromatic N) is 1. The Morgan fingerprint density at radius 2 is 1.83 bits per heavy atom. The Labute approximate surface area is 110 Å². The highest BCUT2D eigenvalue weighted by atomic mass is 16.2. The Balaban J connectivity index is 4.19. The fourth-order valence-electron chi connectivity index (χ4n) is 1.42. The third-order valence-corrected chi connectivity index (χ3v) is 3.01. The molecule has 3 N–H and O–H groups in total. The van der Waals surface area contributed by atoms with Crippen molar-refractivity contribution in [1.29, 1.82) is 0 Å². The molecule has 0 radical (unpaired) electrons. The summed E-state index contributed by atoms with van der Waals surface area (Å²) < 4.78 is 0. The van der Waals surface area contributed by atoms with Crippen molar-refractivity contribution < 1.29 is 9.59 Å². The summed E-state index contributed by atoms with van der Waals surface area (Å²) in [5, 5.41) is 2.78. The van der Waals surface area contributed by atoms with Crippen molar-refractivity contribution >= 4 is 11.8 Å². The molecule has 5 nitrogen and oxygen atoms in total. The highest BCUT2D eigenvalue weighted by molar-refractivity contribution is 5.87. The molecule has 0 saturated carbocycles. The normalized spacial score (nSPS) is 14.2. The average molecular weight is 257 g/mol. The van der Waals surface area contributed by atoms with Gasteiger partial charge in [-0.25, -0.2) is 0 Å². The fourth-order valence-corrected chi connectivity index (χ4v) is 1.42. The van der Waals surface area contributed by atoms with E-state index in [1.807, 2.05) is 27.7 Å². The third-order valence-electron chi connectivity index (χ3n) is 3.01. The van der Waals surface area contributed by atoms with E-state index in [0.29, 0.717) is 12.5 Å². The average Bonchev–Trinajstić information content (AvgIpc) is 2.33. The number of hydrogen-bond acceptors (Lipinski definition) is 3. The zero-order chi connectivity index (χ0) is 14.3. The third kappa shape index (κ3) is 6.00. The first-order valence-corrected chi connectivity index (χ1v) is 6.56. The van der Waals surface area contributed by atoms with Crippen LogP contribution in [0, 0.1) is 11.8 Å². The molecule has 0 heterocycles. The second kappa shape index (κ2) is 8.08. The van der Waals surface area contributed by atoms with Gasteiger partial charge in [-0.1, -0.05) is 34.1 Å². The van der Waals surface area contributed by atoms with Crippen LogP contribution in [0.5, 0.6) is 0 Å². The molecular weight excluding hydrogens is 230 g/mol. The summed E-state index contributed by atoms with van der Waals surface area (Å²) >= 11 is 0. The van der Waals surface area contributed by atoms with E-state index < -0.39 is 6.04 Å². The first kappa shape index (κ1) is 16.9. The highest BCUT2D eigenvalue weighted by Gasteiger charge is 2.23. The van der Waals surface area contributed by atoms with Crippen molar-refractivity contribution in [1.82, 2.24) is 10.2 Å². The number of likely N-dealkylation sites (N-methyl/N-ethyl adjacent to an activating group) is 1. The van der Waals surface area contributed by atoms with Crippen molar-refractivity contribution in [2.75, 3.05) is 20.1 Å². The topological polar surface area (TPSA) is 75.4 Å². The van der Waals surface area contributed by atoms with E-state index >= 15 is 0 Å². The molecule has 18 heavy (non-hydrogen) atoms. The minimum atomic E-state index is -0.530. The maximum absolute atomic E-state index is 11.9. The van der Waals surface area contributed by atoms with Crippen molar-refractivity contribution in [3.8, 4) is 0 Å². The molecule has 2 amide bonds. The van der Waals surface area contributed by atoms with Crippen molar-refractivity contribution in [3.63, 3.8) is 0 Å². The number of carbonyl (C=O) groups is 2. The smallest absolute Gasteiger partial charge is 0.239 e. The van der Waals surface area contributed by atoms with Crippen LogP contribution in [0.3, 0.4) is 0 Å². The molecule has 0 aliphatic rings. The van der Waals surface area contributed by atoms with Gasteiger partial charge in [0.25, 0.3) is 0 Å². The summed E-state index contributed by atoms with van der Waals surface area (Å²) in [6, 6.07) is -0.530. The molecule has 0 spiro atoms. The van der Waals surface area contributed by atoms with Crippen LogP contribution in [0.15, 0.2) is 0 Å². The molecule has 106 valence electrons. The van der Waals surface area contributed by atoms with Crippen LogP contribution in [-0.2, 0) is 9.59 Å². The lowest BCUT2D eigenvalue weighted by atomic mass is 9.99. The second-order valence-electron chi connectivity index (χ2n) is 5.30. The lowest BCUT2D eigenvalue weighted by molar-refractivity contribution is -0.136. The van der Waals surface area contributed by atoms with E-state index in [1.165, 1.54) is 4.90 Å². The van der Waals surface area contributed by atoms with Crippen molar-refractivity contribution in [2.24, 2.45) is 17.6 Å². The van der Waals surface area contributed by atoms with Crippen LogP contribution < -0.4 is 11.1 Å². The molecule has 0 aromatic rings. The molecule has 0 saturated heterocycles. The predicted octanol–water partition coefficient (Wildman–Crippen LogP) is 0.590. The highest BCUT2D eigenvalue weighted by Crippen LogP contribution is 2.07. The van der Waals surface area contributed by atoms with Crippen LogP contribution in [0.2, 0.25) is 0 Å². The zero-order valence-electron chi connectivity index (χ0n) is 12.2. The minimum absolute atomic E-state index is 0.0652. The standard InChI is InChI=1S/C13H27N3O2/c1-6-10(4)12(14)13(18)16(5)8-11(17)15-7-9(2)3/h9-10,12H,6-8,14H2,1-5H3,(H,15,17)/t10?,12-/m0/s1. The van der Waals surface area contributed by atoms with E-state index in [1.54, 1.807) is 7.05 Å². The molecule has 0 aliphatic heterocycles. The van der Waals surface area contributed by atoms with Gasteiger partial charge in [-0.3, -0.25) is 9.59 Å². The van der Waals surface area contributed by atoms with Gasteiger partial charge in [0.05, 0.1) is 12.6 Å². The van der Waals surface area contributed by atoms with Gasteiger partial charge in [-0.2, -0.15) is 0 Å². The summed E-state index contributed by atoms with van der Waals surface area (Å²) in [5.41, 5.74) is 5.85. The molecule has 1 unspecified atom stereocenters. The lowest BCUT2D eigenvalue weighted by Crippen LogP contribution is -2.48. The SMILES string of the molecule is CCC(C)[C@H](N)C(=O)N(C)CC(=O)NCC(C)C. The number of nitrogens with two attached hydrogens (primary N) is 1. The zero-order valence-corrected chi connectivity index (χ0v) is 12.2. The van der Waals surface area contributed by atoms with Crippen LogP contribution in [0.25, 0.3) is 0 Å². The summed E-state index contributed by atoms with van der Waals surface area (Å²) in [6.45, 7) is 8.67. The molecule has 5 heteroatoms. The summed E-state index contributed by atoms with van der Waals surface area (Å²) in [7, 11) is 1.61. The van der Waals surface area contributed by atoms with Gasteiger partial charge in [0, 0.05) is 13.6 Å². The first-order valence-electron chi connectivity index (χ1n) is 6.56. The maximum atomic E-state index is 11.9. The van der Waals surface area contributed by atoms with Gasteiger partial charge >= 0.3 is 0 Å². The summed E-state index contributed by atoms with van der Waals surface area (Å²) in [6.07, 6.45) is 0.848. The lowest BCUT2D eigenvalue weighted by Gasteiger charge is -2.24. The Bertz CT molecular complexity index is 279. The molecule has 0 fully saturated rings. The molecule has 2 atom stereocenters. The fraction of sp³-hybridized carbons (Fsp3) is 0.846. The monoisotopic (exact) mass is 257 g/mol. The second-order valence-corrected chi connectivity index (χ2v) is 5.30. The first-order chi connectivity index (χ1) is 8.29. The van der Waals surface area contributed by atoms with Gasteiger partial charge in [-0.05, 0) is 11.8 Å². The van der Waals surface area contributed by atoms with Gasteiger partial charge in [0.15, 0.2) is 0 Å². The largest absolute Gasteiger partial charge is 0.354 e. The molecule has 0 rings (SSSR count). The predicted molar refractivity (Wildman–Crippen MR) is 72.9 cm³/mol. The van der Waals surface area contributed by atoms with Crippen molar-refractivity contribution in [3.05, 3.63) is 0 Å². The summed E-state index contributed by atoms with van der Waals surface area (Å²) in [4.78, 5) is 24.9. The quantitative estimate of drug-likeness (QED) is 0.701. The van der Waals surface area contributed by atoms with Crippen molar-refractivity contribution in [2.45, 2.75) is 40.2 Å². The number of rotatable bonds is 7. The molecule has 0 aliphatic carbocycles. The van der Waals surface area contributed by atoms with Crippen LogP contribution in [0.1, 0.15) is 34.1 Å². The van der Waals surface area contributed by atoms with Crippen LogP contribution in [-0.4, -0.2) is 42.9 Å². The van der Waals surface area contributed by atoms with Gasteiger partial charge in [0.1, 0.15) is 0 Å². The summed E-state index contributed by atoms with van der Waals surface area (Å²) in [5.74, 6) is 0.205. The Kier molecular flexibility index (Phi) is 7.59. The molecular formula is C13H27N3O2. The maximum Gasteiger partial charge on any atom is 0.239 e. The number of carbonyl (C=O) groups excluding carboxylic acids is 2. The van der Waals surface area contributed by atoms with E-state index in [0.717, 1.165) is 6.42 Å². The van der Waals surface area contributed by atoms with Crippen LogP contribution >= 0.6 is 0 Å². The van der Waals surface area contributed by atoms with E-state index in [9.17, 15) is 9.59 Å². The van der Waals surface area contributed by atoms with Gasteiger partial charge in [-0.15, -0.1) is 0 Å². The number of amides is 2. The number of hydrogen-bond donors (Lipinski definition) is 2. The van der Waals surface area contributed by atoms with E-state index in [-0.39, 0.29) is 24.3 Å². The van der Waals surface area contributed by atoms with Gasteiger partial charge in [0.2, 0.25) is 11.8 Å². The van der Waals surface area contributed by atoms with E-state index in [2.05, 4.69) is 5.32 Å².